The van der Waals surface area contributed by atoms with Crippen LogP contribution in [0.2, 0.25) is 0 Å². The van der Waals surface area contributed by atoms with Gasteiger partial charge in [-0.05, 0) is 30.2 Å². The fourth-order valence-electron chi connectivity index (χ4n) is 3.86. The van der Waals surface area contributed by atoms with Crippen LogP contribution in [0.5, 0.6) is 0 Å². The average Bonchev–Trinajstić information content (AvgIpc) is 3.08. The normalized spacial score (nSPS) is 18.9. The Labute approximate surface area is 152 Å². The van der Waals surface area contributed by atoms with Crippen molar-refractivity contribution in [2.45, 2.75) is 32.0 Å². The zero-order chi connectivity index (χ0) is 18.3. The van der Waals surface area contributed by atoms with Crippen molar-refractivity contribution >= 4 is 0 Å². The first kappa shape index (κ1) is 16.8. The molecule has 1 heterocycles. The van der Waals surface area contributed by atoms with E-state index < -0.39 is 6.10 Å². The predicted octanol–water partition coefficient (Wildman–Crippen LogP) is 2.23. The largest absolute Gasteiger partial charge is 0.391 e. The van der Waals surface area contributed by atoms with E-state index in [1.807, 2.05) is 67.2 Å². The second kappa shape index (κ2) is 6.59. The first-order chi connectivity index (χ1) is 12.6. The maximum Gasteiger partial charge on any atom is 0.276 e. The number of benzene rings is 2. The van der Waals surface area contributed by atoms with Gasteiger partial charge in [-0.2, -0.15) is 0 Å². The lowest BCUT2D eigenvalue weighted by Gasteiger charge is -2.17. The van der Waals surface area contributed by atoms with Gasteiger partial charge in [0.05, 0.1) is 23.4 Å². The van der Waals surface area contributed by atoms with Crippen LogP contribution in [0.15, 0.2) is 59.4 Å². The highest BCUT2D eigenvalue weighted by molar-refractivity contribution is 5.37. The summed E-state index contributed by atoms with van der Waals surface area (Å²) < 4.78 is 3.57. The van der Waals surface area contributed by atoms with Crippen LogP contribution in [0.3, 0.4) is 0 Å². The molecule has 1 aliphatic rings. The van der Waals surface area contributed by atoms with Crippen molar-refractivity contribution < 1.29 is 5.11 Å². The highest BCUT2D eigenvalue weighted by Crippen LogP contribution is 2.31. The number of fused-ring (bicyclic) bond motifs is 1. The van der Waals surface area contributed by atoms with Gasteiger partial charge in [-0.1, -0.05) is 42.5 Å². The summed E-state index contributed by atoms with van der Waals surface area (Å²) in [5.74, 6) is 0. The topological polar surface area (TPSA) is 59.2 Å². The van der Waals surface area contributed by atoms with Crippen molar-refractivity contribution in [1.82, 2.24) is 14.7 Å². The maximum absolute atomic E-state index is 13.0. The summed E-state index contributed by atoms with van der Waals surface area (Å²) in [7, 11) is 1.90. The second-order valence-corrected chi connectivity index (χ2v) is 6.87. The van der Waals surface area contributed by atoms with E-state index in [1.54, 1.807) is 4.68 Å². The molecule has 0 bridgehead atoms. The van der Waals surface area contributed by atoms with E-state index >= 15 is 0 Å². The maximum atomic E-state index is 13.0. The molecule has 0 amide bonds. The van der Waals surface area contributed by atoms with Crippen molar-refractivity contribution in [3.05, 3.63) is 87.3 Å². The summed E-state index contributed by atoms with van der Waals surface area (Å²) in [6, 6.07) is 17.6. The monoisotopic (exact) mass is 349 g/mol. The summed E-state index contributed by atoms with van der Waals surface area (Å²) in [6.45, 7) is 2.38. The lowest BCUT2D eigenvalue weighted by Crippen LogP contribution is -2.30. The molecule has 4 rings (SSSR count). The standard InChI is InChI=1S/C21H23N3O2/c1-14-18(21(26)24(23(14)2)16-9-4-3-5-10-16)13-22-20-17-11-7-6-8-15(17)12-19(20)25/h3-11,19-20,22,25H,12-13H2,1-2H3/t19-,20+/m0/s1. The van der Waals surface area contributed by atoms with Crippen LogP contribution >= 0.6 is 0 Å². The van der Waals surface area contributed by atoms with Gasteiger partial charge in [0.1, 0.15) is 0 Å². The molecule has 1 aliphatic carbocycles. The van der Waals surface area contributed by atoms with Gasteiger partial charge in [-0.3, -0.25) is 9.48 Å². The summed E-state index contributed by atoms with van der Waals surface area (Å²) >= 11 is 0. The summed E-state index contributed by atoms with van der Waals surface area (Å²) in [5, 5.41) is 13.8. The molecule has 2 aromatic carbocycles. The third-order valence-electron chi connectivity index (χ3n) is 5.38. The van der Waals surface area contributed by atoms with Gasteiger partial charge in [0.25, 0.3) is 5.56 Å². The molecule has 0 spiro atoms. The fourth-order valence-corrected chi connectivity index (χ4v) is 3.86. The Kier molecular flexibility index (Phi) is 4.26. The minimum absolute atomic E-state index is 0.0236. The Morgan fingerprint density at radius 1 is 1.12 bits per heavy atom. The Balaban J connectivity index is 1.63. The molecule has 2 N–H and O–H groups in total. The van der Waals surface area contributed by atoms with E-state index in [-0.39, 0.29) is 11.6 Å². The van der Waals surface area contributed by atoms with Gasteiger partial charge >= 0.3 is 0 Å². The van der Waals surface area contributed by atoms with Crippen molar-refractivity contribution in [1.29, 1.82) is 0 Å². The number of aliphatic hydroxyl groups is 1. The van der Waals surface area contributed by atoms with Crippen LogP contribution in [-0.2, 0) is 20.0 Å². The van der Waals surface area contributed by atoms with E-state index in [0.29, 0.717) is 13.0 Å². The molecule has 3 aromatic rings. The third kappa shape index (κ3) is 2.69. The number of rotatable bonds is 4. The third-order valence-corrected chi connectivity index (χ3v) is 5.38. The molecule has 0 aliphatic heterocycles. The Bertz CT molecular complexity index is 988. The quantitative estimate of drug-likeness (QED) is 0.759. The molecule has 26 heavy (non-hydrogen) atoms. The number of nitrogens with one attached hydrogen (secondary N) is 1. The average molecular weight is 349 g/mol. The van der Waals surface area contributed by atoms with Gasteiger partial charge in [0.2, 0.25) is 0 Å². The van der Waals surface area contributed by atoms with Crippen LogP contribution in [0.1, 0.15) is 28.4 Å². The van der Waals surface area contributed by atoms with Crippen molar-refractivity contribution in [3.8, 4) is 5.69 Å². The first-order valence-corrected chi connectivity index (χ1v) is 8.90. The van der Waals surface area contributed by atoms with Crippen molar-refractivity contribution in [2.75, 3.05) is 0 Å². The lowest BCUT2D eigenvalue weighted by atomic mass is 10.1. The Morgan fingerprint density at radius 3 is 2.58 bits per heavy atom. The smallest absolute Gasteiger partial charge is 0.276 e. The van der Waals surface area contributed by atoms with Crippen molar-refractivity contribution in [2.24, 2.45) is 7.05 Å². The van der Waals surface area contributed by atoms with E-state index in [4.69, 9.17) is 0 Å². The number of hydrogen-bond donors (Lipinski definition) is 2. The minimum Gasteiger partial charge on any atom is -0.391 e. The van der Waals surface area contributed by atoms with Gasteiger partial charge in [0, 0.05) is 25.7 Å². The van der Waals surface area contributed by atoms with Crippen LogP contribution in [0.25, 0.3) is 5.69 Å². The second-order valence-electron chi connectivity index (χ2n) is 6.87. The molecule has 0 fully saturated rings. The van der Waals surface area contributed by atoms with Crippen LogP contribution in [0, 0.1) is 6.92 Å². The molecular formula is C21H23N3O2. The molecule has 134 valence electrons. The van der Waals surface area contributed by atoms with E-state index in [0.717, 1.165) is 22.5 Å². The molecule has 0 saturated carbocycles. The van der Waals surface area contributed by atoms with E-state index in [1.165, 1.54) is 5.56 Å². The molecule has 1 aromatic heterocycles. The highest BCUT2D eigenvalue weighted by Gasteiger charge is 2.30. The Morgan fingerprint density at radius 2 is 1.81 bits per heavy atom. The first-order valence-electron chi connectivity index (χ1n) is 8.90. The van der Waals surface area contributed by atoms with E-state index in [9.17, 15) is 9.90 Å². The number of aliphatic hydroxyl groups excluding tert-OH is 1. The zero-order valence-electron chi connectivity index (χ0n) is 15.0. The molecule has 0 radical (unpaired) electrons. The number of aromatic nitrogens is 2. The molecule has 0 saturated heterocycles. The molecular weight excluding hydrogens is 326 g/mol. The SMILES string of the molecule is Cc1c(CN[C@@H]2c3ccccc3C[C@@H]2O)c(=O)n(-c2ccccc2)n1C. The highest BCUT2D eigenvalue weighted by atomic mass is 16.3. The summed E-state index contributed by atoms with van der Waals surface area (Å²) in [6.07, 6.45) is 0.184. The number of nitrogens with zero attached hydrogens (tertiary/aromatic N) is 2. The summed E-state index contributed by atoms with van der Waals surface area (Å²) in [4.78, 5) is 13.0. The molecule has 0 unspecified atom stereocenters. The fraction of sp³-hybridized carbons (Fsp3) is 0.286. The van der Waals surface area contributed by atoms with Gasteiger partial charge in [0.15, 0.2) is 0 Å². The Hall–Kier alpha value is -2.63. The van der Waals surface area contributed by atoms with Crippen LogP contribution in [-0.4, -0.2) is 20.6 Å². The van der Waals surface area contributed by atoms with Gasteiger partial charge in [-0.25, -0.2) is 4.68 Å². The zero-order valence-corrected chi connectivity index (χ0v) is 15.0. The van der Waals surface area contributed by atoms with Crippen LogP contribution < -0.4 is 10.9 Å². The summed E-state index contributed by atoms with van der Waals surface area (Å²) in [5.41, 5.74) is 4.77. The molecule has 5 heteroatoms. The van der Waals surface area contributed by atoms with Crippen LogP contribution in [0.4, 0.5) is 0 Å². The lowest BCUT2D eigenvalue weighted by molar-refractivity contribution is 0.140. The van der Waals surface area contributed by atoms with Gasteiger partial charge in [-0.15, -0.1) is 0 Å². The predicted molar refractivity (Wildman–Crippen MR) is 101 cm³/mol. The minimum atomic E-state index is -0.465. The van der Waals surface area contributed by atoms with Crippen molar-refractivity contribution in [3.63, 3.8) is 0 Å². The molecule has 2 atom stereocenters. The molecule has 5 nitrogen and oxygen atoms in total. The number of para-hydroxylation sites is 1. The number of hydrogen-bond acceptors (Lipinski definition) is 3. The van der Waals surface area contributed by atoms with Gasteiger partial charge < -0.3 is 10.4 Å². The van der Waals surface area contributed by atoms with E-state index in [2.05, 4.69) is 11.4 Å².